The molecule has 0 saturated carbocycles. The first-order chi connectivity index (χ1) is 18.0. The fourth-order valence-corrected chi connectivity index (χ4v) is 4.98. The van der Waals surface area contributed by atoms with E-state index in [2.05, 4.69) is 45.2 Å². The molecule has 7 nitrogen and oxygen atoms in total. The summed E-state index contributed by atoms with van der Waals surface area (Å²) in [5.74, 6) is 1.17. The number of rotatable bonds is 9. The fraction of sp³-hybridized carbons (Fsp3) is 0.357. The van der Waals surface area contributed by atoms with Crippen LogP contribution in [0.15, 0.2) is 36.5 Å². The van der Waals surface area contributed by atoms with Gasteiger partial charge >= 0.3 is 0 Å². The largest absolute Gasteiger partial charge is 0.496 e. The topological polar surface area (TPSA) is 73.7 Å². The molecule has 0 unspecified atom stereocenters. The Bertz CT molecular complexity index is 1330. The summed E-state index contributed by atoms with van der Waals surface area (Å²) in [6.45, 7) is 8.88. The average molecular weight is 540 g/mol. The summed E-state index contributed by atoms with van der Waals surface area (Å²) in [5.41, 5.74) is 3.19. The van der Waals surface area contributed by atoms with Crippen LogP contribution in [-0.2, 0) is 0 Å². The van der Waals surface area contributed by atoms with Crippen LogP contribution in [0.5, 0.6) is 11.5 Å². The number of benzene rings is 2. The van der Waals surface area contributed by atoms with Crippen LogP contribution in [0.2, 0.25) is 10.0 Å². The van der Waals surface area contributed by atoms with Crippen molar-refractivity contribution in [3.05, 3.63) is 57.7 Å². The van der Waals surface area contributed by atoms with Crippen LogP contribution in [0.4, 0.5) is 11.4 Å². The molecule has 1 aliphatic heterocycles. The SMILES string of the molecule is CCN1CCN(CCC=Cc2cc3ncc(C#N)c(Nc4cc(OC)c(Cl)cc4Cl)c3cc2OC)CC1. The zero-order chi connectivity index (χ0) is 26.4. The first-order valence-corrected chi connectivity index (χ1v) is 13.0. The minimum Gasteiger partial charge on any atom is -0.496 e. The number of hydrogen-bond acceptors (Lipinski definition) is 7. The van der Waals surface area contributed by atoms with Gasteiger partial charge < -0.3 is 24.6 Å². The number of nitriles is 1. The van der Waals surface area contributed by atoms with Gasteiger partial charge in [-0.25, -0.2) is 0 Å². The Morgan fingerprint density at radius 1 is 1.03 bits per heavy atom. The summed E-state index contributed by atoms with van der Waals surface area (Å²) in [7, 11) is 3.18. The minimum absolute atomic E-state index is 0.381. The van der Waals surface area contributed by atoms with Crippen molar-refractivity contribution in [2.45, 2.75) is 13.3 Å². The van der Waals surface area contributed by atoms with Crippen molar-refractivity contribution >= 4 is 51.6 Å². The smallest absolute Gasteiger partial charge is 0.139 e. The standard InChI is InChI=1S/C28H31Cl2N5O2/c1-4-34-9-11-35(12-10-34)8-6-5-7-19-13-24-21(14-26(19)36-2)28(20(17-31)18-32-24)33-25-16-27(37-3)23(30)15-22(25)29/h5,7,13-16,18H,4,6,8-12H2,1-3H3,(H,32,33). The molecule has 37 heavy (non-hydrogen) atoms. The summed E-state index contributed by atoms with van der Waals surface area (Å²) in [6.07, 6.45) is 6.77. The Labute approximate surface area is 228 Å². The zero-order valence-corrected chi connectivity index (χ0v) is 22.9. The highest BCUT2D eigenvalue weighted by atomic mass is 35.5. The van der Waals surface area contributed by atoms with E-state index in [1.54, 1.807) is 25.4 Å². The number of methoxy groups -OCH3 is 2. The van der Waals surface area contributed by atoms with Gasteiger partial charge in [0.2, 0.25) is 0 Å². The maximum absolute atomic E-state index is 9.77. The van der Waals surface area contributed by atoms with Crippen molar-refractivity contribution in [1.29, 1.82) is 5.26 Å². The molecule has 0 spiro atoms. The summed E-state index contributed by atoms with van der Waals surface area (Å²) >= 11 is 12.6. The molecule has 1 N–H and O–H groups in total. The Kier molecular flexibility index (Phi) is 9.12. The maximum atomic E-state index is 9.77. The number of ether oxygens (including phenoxy) is 2. The van der Waals surface area contributed by atoms with Crippen LogP contribution in [0.3, 0.4) is 0 Å². The average Bonchev–Trinajstić information content (AvgIpc) is 2.92. The van der Waals surface area contributed by atoms with E-state index in [0.717, 1.165) is 62.2 Å². The zero-order valence-electron chi connectivity index (χ0n) is 21.4. The second-order valence-electron chi connectivity index (χ2n) is 8.83. The predicted octanol–water partition coefficient (Wildman–Crippen LogP) is 6.21. The quantitative estimate of drug-likeness (QED) is 0.346. The number of aromatic nitrogens is 1. The van der Waals surface area contributed by atoms with Gasteiger partial charge in [-0.05, 0) is 31.2 Å². The molecule has 194 valence electrons. The van der Waals surface area contributed by atoms with Crippen molar-refractivity contribution in [1.82, 2.24) is 14.8 Å². The molecule has 1 aromatic heterocycles. The lowest BCUT2D eigenvalue weighted by Crippen LogP contribution is -2.46. The molecule has 0 bridgehead atoms. The Balaban J connectivity index is 1.59. The van der Waals surface area contributed by atoms with Crippen molar-refractivity contribution in [3.8, 4) is 17.6 Å². The van der Waals surface area contributed by atoms with Gasteiger partial charge in [-0.2, -0.15) is 5.26 Å². The number of anilines is 2. The molecule has 0 amide bonds. The molecule has 0 aliphatic carbocycles. The van der Waals surface area contributed by atoms with Gasteiger partial charge in [0.1, 0.15) is 17.6 Å². The number of likely N-dealkylation sites (N-methyl/N-ethyl adjacent to an activating group) is 1. The van der Waals surface area contributed by atoms with Gasteiger partial charge in [-0.1, -0.05) is 42.3 Å². The third kappa shape index (κ3) is 6.28. The highest BCUT2D eigenvalue weighted by molar-refractivity contribution is 6.37. The second kappa shape index (κ2) is 12.5. The number of piperazine rings is 1. The Hall–Kier alpha value is -3.02. The number of fused-ring (bicyclic) bond motifs is 1. The van der Waals surface area contributed by atoms with Crippen LogP contribution < -0.4 is 14.8 Å². The van der Waals surface area contributed by atoms with Crippen LogP contribution >= 0.6 is 23.2 Å². The first-order valence-electron chi connectivity index (χ1n) is 12.3. The summed E-state index contributed by atoms with van der Waals surface area (Å²) < 4.78 is 11.0. The predicted molar refractivity (Wildman–Crippen MR) is 152 cm³/mol. The summed E-state index contributed by atoms with van der Waals surface area (Å²) in [5, 5.41) is 14.6. The van der Waals surface area contributed by atoms with Gasteiger partial charge in [0.25, 0.3) is 0 Å². The highest BCUT2D eigenvalue weighted by Gasteiger charge is 2.16. The summed E-state index contributed by atoms with van der Waals surface area (Å²) in [4.78, 5) is 9.53. The molecule has 0 atom stereocenters. The lowest BCUT2D eigenvalue weighted by Gasteiger charge is -2.33. The Morgan fingerprint density at radius 2 is 1.76 bits per heavy atom. The number of pyridine rings is 1. The van der Waals surface area contributed by atoms with E-state index in [-0.39, 0.29) is 0 Å². The lowest BCUT2D eigenvalue weighted by atomic mass is 10.0. The van der Waals surface area contributed by atoms with Crippen LogP contribution in [-0.4, -0.2) is 68.3 Å². The van der Waals surface area contributed by atoms with Crippen molar-refractivity contribution < 1.29 is 9.47 Å². The molecular weight excluding hydrogens is 509 g/mol. The summed E-state index contributed by atoms with van der Waals surface area (Å²) in [6, 6.07) is 9.39. The molecule has 2 aromatic carbocycles. The van der Waals surface area contributed by atoms with E-state index in [1.165, 1.54) is 7.11 Å². The van der Waals surface area contributed by atoms with Crippen molar-refractivity contribution in [3.63, 3.8) is 0 Å². The molecule has 3 aromatic rings. The Morgan fingerprint density at radius 3 is 2.43 bits per heavy atom. The van der Waals surface area contributed by atoms with Crippen LogP contribution in [0.25, 0.3) is 17.0 Å². The number of nitrogens with zero attached hydrogens (tertiary/aromatic N) is 4. The van der Waals surface area contributed by atoms with E-state index in [4.69, 9.17) is 32.7 Å². The van der Waals surface area contributed by atoms with Gasteiger partial charge in [0, 0.05) is 55.9 Å². The van der Waals surface area contributed by atoms with E-state index < -0.39 is 0 Å². The first kappa shape index (κ1) is 27.0. The van der Waals surface area contributed by atoms with Crippen LogP contribution in [0, 0.1) is 11.3 Å². The van der Waals surface area contributed by atoms with E-state index >= 15 is 0 Å². The third-order valence-electron chi connectivity index (χ3n) is 6.66. The second-order valence-corrected chi connectivity index (χ2v) is 9.64. The number of hydrogen-bond donors (Lipinski definition) is 1. The van der Waals surface area contributed by atoms with E-state index in [9.17, 15) is 5.26 Å². The molecule has 2 heterocycles. The number of halogens is 2. The van der Waals surface area contributed by atoms with E-state index in [0.29, 0.717) is 38.5 Å². The minimum atomic E-state index is 0.381. The maximum Gasteiger partial charge on any atom is 0.139 e. The van der Waals surface area contributed by atoms with Crippen LogP contribution in [0.1, 0.15) is 24.5 Å². The molecule has 4 rings (SSSR count). The molecular formula is C28H31Cl2N5O2. The van der Waals surface area contributed by atoms with Gasteiger partial charge in [-0.15, -0.1) is 0 Å². The molecule has 0 radical (unpaired) electrons. The van der Waals surface area contributed by atoms with Crippen molar-refractivity contribution in [2.75, 3.05) is 58.8 Å². The third-order valence-corrected chi connectivity index (χ3v) is 7.27. The molecule has 9 heteroatoms. The molecule has 1 saturated heterocycles. The van der Waals surface area contributed by atoms with Gasteiger partial charge in [-0.3, -0.25) is 4.98 Å². The monoisotopic (exact) mass is 539 g/mol. The van der Waals surface area contributed by atoms with Gasteiger partial charge in [0.05, 0.1) is 46.7 Å². The number of nitrogens with one attached hydrogen (secondary N) is 1. The lowest BCUT2D eigenvalue weighted by molar-refractivity contribution is 0.139. The highest BCUT2D eigenvalue weighted by Crippen LogP contribution is 2.39. The fourth-order valence-electron chi connectivity index (χ4n) is 4.47. The normalized spacial score (nSPS) is 14.7. The van der Waals surface area contributed by atoms with E-state index in [1.807, 2.05) is 12.1 Å². The molecule has 1 aliphatic rings. The van der Waals surface area contributed by atoms with Gasteiger partial charge in [0.15, 0.2) is 0 Å². The molecule has 1 fully saturated rings. The van der Waals surface area contributed by atoms with Crippen molar-refractivity contribution in [2.24, 2.45) is 0 Å².